The van der Waals surface area contributed by atoms with Crippen molar-refractivity contribution in [2.75, 3.05) is 38.0 Å². The highest BCUT2D eigenvalue weighted by atomic mass is 16.2. The molecule has 0 radical (unpaired) electrons. The van der Waals surface area contributed by atoms with Crippen molar-refractivity contribution in [3.63, 3.8) is 0 Å². The van der Waals surface area contributed by atoms with E-state index >= 15 is 0 Å². The molecule has 2 aromatic carbocycles. The molecule has 7 nitrogen and oxygen atoms in total. The van der Waals surface area contributed by atoms with Crippen molar-refractivity contribution in [1.82, 2.24) is 15.1 Å². The minimum atomic E-state index is -0.230. The fourth-order valence-corrected chi connectivity index (χ4v) is 5.02. The van der Waals surface area contributed by atoms with E-state index in [-0.39, 0.29) is 30.3 Å². The zero-order valence-corrected chi connectivity index (χ0v) is 20.5. The van der Waals surface area contributed by atoms with Crippen LogP contribution in [0.3, 0.4) is 0 Å². The van der Waals surface area contributed by atoms with Crippen LogP contribution in [0.1, 0.15) is 61.0 Å². The summed E-state index contributed by atoms with van der Waals surface area (Å²) in [6.07, 6.45) is 5.57. The molecule has 0 bridgehead atoms. The lowest BCUT2D eigenvalue weighted by Gasteiger charge is -2.36. The van der Waals surface area contributed by atoms with Gasteiger partial charge in [0.1, 0.15) is 0 Å². The Hall–Kier alpha value is -3.19. The molecule has 1 aliphatic carbocycles. The third-order valence-electron chi connectivity index (χ3n) is 7.10. The van der Waals surface area contributed by atoms with Gasteiger partial charge in [0.15, 0.2) is 0 Å². The van der Waals surface area contributed by atoms with Crippen LogP contribution in [-0.2, 0) is 9.59 Å². The van der Waals surface area contributed by atoms with Crippen molar-refractivity contribution in [1.29, 1.82) is 0 Å². The zero-order valence-electron chi connectivity index (χ0n) is 20.5. The van der Waals surface area contributed by atoms with Crippen LogP contribution in [0, 0.1) is 5.92 Å². The molecular weight excluding hydrogens is 440 g/mol. The van der Waals surface area contributed by atoms with Crippen molar-refractivity contribution in [2.45, 2.75) is 45.1 Å². The van der Waals surface area contributed by atoms with Crippen LogP contribution < -0.4 is 10.6 Å². The average molecular weight is 477 g/mol. The van der Waals surface area contributed by atoms with E-state index in [2.05, 4.69) is 15.5 Å². The Morgan fingerprint density at radius 1 is 0.886 bits per heavy atom. The maximum absolute atomic E-state index is 12.9. The quantitative estimate of drug-likeness (QED) is 0.636. The van der Waals surface area contributed by atoms with E-state index in [1.807, 2.05) is 48.2 Å². The van der Waals surface area contributed by atoms with Gasteiger partial charge in [-0.05, 0) is 37.5 Å². The number of hydrogen-bond acceptors (Lipinski definition) is 4. The van der Waals surface area contributed by atoms with Gasteiger partial charge in [-0.3, -0.25) is 19.3 Å². The Balaban J connectivity index is 1.28. The molecule has 2 aliphatic rings. The summed E-state index contributed by atoms with van der Waals surface area (Å²) in [5.41, 5.74) is 1.95. The number of benzene rings is 2. The summed E-state index contributed by atoms with van der Waals surface area (Å²) in [6.45, 7) is 4.87. The fourth-order valence-electron chi connectivity index (χ4n) is 5.02. The number of carbonyl (C=O) groups excluding carboxylic acids is 3. The number of rotatable bonds is 7. The lowest BCUT2D eigenvalue weighted by molar-refractivity contribution is -0.138. The molecule has 1 aliphatic heterocycles. The van der Waals surface area contributed by atoms with Gasteiger partial charge < -0.3 is 15.5 Å². The van der Waals surface area contributed by atoms with Gasteiger partial charge in [-0.1, -0.05) is 61.7 Å². The summed E-state index contributed by atoms with van der Waals surface area (Å²) in [5.74, 6) is 0.0878. The van der Waals surface area contributed by atoms with E-state index in [1.54, 1.807) is 18.2 Å². The summed E-state index contributed by atoms with van der Waals surface area (Å²) >= 11 is 0. The van der Waals surface area contributed by atoms with Crippen LogP contribution in [0.15, 0.2) is 54.6 Å². The average Bonchev–Trinajstić information content (AvgIpc) is 2.90. The molecule has 7 heteroatoms. The third-order valence-corrected chi connectivity index (χ3v) is 7.10. The Morgan fingerprint density at radius 2 is 1.54 bits per heavy atom. The van der Waals surface area contributed by atoms with Crippen LogP contribution in [0.25, 0.3) is 0 Å². The molecular formula is C28H36N4O3. The SMILES string of the molecule is CC(NC(=O)c1ccccc1NC(=O)CN1CCN(C(=O)C2CCCCC2)CC1)c1ccccc1. The molecule has 186 valence electrons. The molecule has 2 N–H and O–H groups in total. The zero-order chi connectivity index (χ0) is 24.6. The van der Waals surface area contributed by atoms with Crippen LogP contribution >= 0.6 is 0 Å². The van der Waals surface area contributed by atoms with Crippen molar-refractivity contribution in [3.8, 4) is 0 Å². The molecule has 1 saturated heterocycles. The predicted octanol–water partition coefficient (Wildman–Crippen LogP) is 3.84. The first-order valence-electron chi connectivity index (χ1n) is 12.8. The van der Waals surface area contributed by atoms with Gasteiger partial charge in [0, 0.05) is 32.1 Å². The number of piperazine rings is 1. The number of carbonyl (C=O) groups is 3. The van der Waals surface area contributed by atoms with Crippen molar-refractivity contribution in [3.05, 3.63) is 65.7 Å². The number of para-hydroxylation sites is 1. The van der Waals surface area contributed by atoms with Crippen molar-refractivity contribution >= 4 is 23.4 Å². The second kappa shape index (κ2) is 12.0. The second-order valence-electron chi connectivity index (χ2n) is 9.64. The highest BCUT2D eigenvalue weighted by Crippen LogP contribution is 2.26. The maximum atomic E-state index is 12.9. The maximum Gasteiger partial charge on any atom is 0.253 e. The summed E-state index contributed by atoms with van der Waals surface area (Å²) in [7, 11) is 0. The standard InChI is InChI=1S/C28H36N4O3/c1-21(22-10-4-2-5-11-22)29-27(34)24-14-8-9-15-25(24)30-26(33)20-31-16-18-32(19-17-31)28(35)23-12-6-3-7-13-23/h2,4-5,8-11,14-15,21,23H,3,6-7,12-13,16-20H2,1H3,(H,29,34)(H,30,33). The smallest absolute Gasteiger partial charge is 0.253 e. The number of anilines is 1. The summed E-state index contributed by atoms with van der Waals surface area (Å²) < 4.78 is 0. The lowest BCUT2D eigenvalue weighted by atomic mass is 9.88. The molecule has 3 amide bonds. The van der Waals surface area contributed by atoms with E-state index in [9.17, 15) is 14.4 Å². The van der Waals surface area contributed by atoms with Crippen molar-refractivity contribution < 1.29 is 14.4 Å². The molecule has 0 aromatic heterocycles. The monoisotopic (exact) mass is 476 g/mol. The van der Waals surface area contributed by atoms with Gasteiger partial charge >= 0.3 is 0 Å². The number of nitrogens with zero attached hydrogens (tertiary/aromatic N) is 2. The second-order valence-corrected chi connectivity index (χ2v) is 9.64. The Bertz CT molecular complexity index is 1010. The topological polar surface area (TPSA) is 81.8 Å². The van der Waals surface area contributed by atoms with Crippen LogP contribution in [0.5, 0.6) is 0 Å². The molecule has 1 heterocycles. The molecule has 2 aromatic rings. The first-order valence-corrected chi connectivity index (χ1v) is 12.8. The van der Waals surface area contributed by atoms with Crippen LogP contribution in [0.4, 0.5) is 5.69 Å². The Kier molecular flexibility index (Phi) is 8.53. The summed E-state index contributed by atoms with van der Waals surface area (Å²) in [4.78, 5) is 42.6. The van der Waals surface area contributed by atoms with Crippen molar-refractivity contribution in [2.24, 2.45) is 5.92 Å². The number of hydrogen-bond donors (Lipinski definition) is 2. The molecule has 4 rings (SSSR count). The summed E-state index contributed by atoms with van der Waals surface area (Å²) in [6, 6.07) is 16.7. The van der Waals surface area contributed by atoms with Gasteiger partial charge in [-0.15, -0.1) is 0 Å². The van der Waals surface area contributed by atoms with E-state index in [1.165, 1.54) is 6.42 Å². The minimum Gasteiger partial charge on any atom is -0.345 e. The molecule has 1 saturated carbocycles. The highest BCUT2D eigenvalue weighted by molar-refractivity contribution is 6.04. The lowest BCUT2D eigenvalue weighted by Crippen LogP contribution is -2.52. The van der Waals surface area contributed by atoms with E-state index in [0.29, 0.717) is 43.3 Å². The first kappa shape index (κ1) is 24.9. The Morgan fingerprint density at radius 3 is 2.26 bits per heavy atom. The molecule has 1 atom stereocenters. The highest BCUT2D eigenvalue weighted by Gasteiger charge is 2.29. The fraction of sp³-hybridized carbons (Fsp3) is 0.464. The largest absolute Gasteiger partial charge is 0.345 e. The number of amides is 3. The van der Waals surface area contributed by atoms with Crippen LogP contribution in [-0.4, -0.2) is 60.2 Å². The minimum absolute atomic E-state index is 0.153. The van der Waals surface area contributed by atoms with E-state index < -0.39 is 0 Å². The molecule has 1 unspecified atom stereocenters. The van der Waals surface area contributed by atoms with E-state index in [4.69, 9.17) is 0 Å². The summed E-state index contributed by atoms with van der Waals surface area (Å²) in [5, 5.41) is 5.93. The van der Waals surface area contributed by atoms with Gasteiger partial charge in [-0.25, -0.2) is 0 Å². The van der Waals surface area contributed by atoms with Gasteiger partial charge in [0.25, 0.3) is 5.91 Å². The normalized spacial score (nSPS) is 18.0. The molecule has 0 spiro atoms. The Labute approximate surface area is 207 Å². The predicted molar refractivity (Wildman–Crippen MR) is 137 cm³/mol. The molecule has 2 fully saturated rings. The molecule has 35 heavy (non-hydrogen) atoms. The van der Waals surface area contributed by atoms with Gasteiger partial charge in [0.05, 0.1) is 23.8 Å². The first-order chi connectivity index (χ1) is 17.0. The van der Waals surface area contributed by atoms with E-state index in [0.717, 1.165) is 31.2 Å². The van der Waals surface area contributed by atoms with Crippen LogP contribution in [0.2, 0.25) is 0 Å². The third kappa shape index (κ3) is 6.69. The van der Waals surface area contributed by atoms with Gasteiger partial charge in [0.2, 0.25) is 11.8 Å². The van der Waals surface area contributed by atoms with Gasteiger partial charge in [-0.2, -0.15) is 0 Å². The number of nitrogens with one attached hydrogen (secondary N) is 2.